The van der Waals surface area contributed by atoms with Crippen molar-refractivity contribution < 1.29 is 33.4 Å². The molecule has 0 unspecified atom stereocenters. The van der Waals surface area contributed by atoms with Gasteiger partial charge in [0.15, 0.2) is 18.3 Å². The lowest BCUT2D eigenvalue weighted by Crippen LogP contribution is -2.47. The zero-order valence-electron chi connectivity index (χ0n) is 32.6. The van der Waals surface area contributed by atoms with Gasteiger partial charge in [0.2, 0.25) is 5.91 Å². The third-order valence-electron chi connectivity index (χ3n) is 9.79. The van der Waals surface area contributed by atoms with Crippen LogP contribution in [0.1, 0.15) is 78.3 Å². The van der Waals surface area contributed by atoms with Crippen LogP contribution in [-0.4, -0.2) is 91.9 Å². The van der Waals surface area contributed by atoms with Crippen LogP contribution in [0.15, 0.2) is 60.8 Å². The van der Waals surface area contributed by atoms with Crippen LogP contribution < -0.4 is 20.1 Å². The standard InChI is InChI=1S/C42H53N5O7/c1-28-15-18-33(34(26-28)53-25-10-8-9-14-35(48)46-23-21-44(5)22-24-46)45(6)40(50)30-16-17-32(39(52-7)36(30)43)38(49)31-13-11-12-29-19-20-47(37(29)31)27-54-41(51)42(2,3)4/h11-13,15-20,26H,8-10,14,21-25,27,43H2,1-7H3. The zero-order chi connectivity index (χ0) is 39.2. The van der Waals surface area contributed by atoms with Crippen LogP contribution in [0.2, 0.25) is 0 Å². The summed E-state index contributed by atoms with van der Waals surface area (Å²) in [4.78, 5) is 58.9. The normalized spacial score (nSPS) is 13.5. The molecule has 1 aliphatic heterocycles. The topological polar surface area (TPSA) is 137 Å². The molecule has 288 valence electrons. The summed E-state index contributed by atoms with van der Waals surface area (Å²) < 4.78 is 19.1. The van der Waals surface area contributed by atoms with E-state index in [9.17, 15) is 19.2 Å². The quantitative estimate of drug-likeness (QED) is 0.0683. The average molecular weight is 740 g/mol. The summed E-state index contributed by atoms with van der Waals surface area (Å²) >= 11 is 0. The highest BCUT2D eigenvalue weighted by Crippen LogP contribution is 2.36. The molecule has 1 aromatic heterocycles. The molecule has 2 heterocycles. The highest BCUT2D eigenvalue weighted by molar-refractivity contribution is 6.19. The first-order valence-electron chi connectivity index (χ1n) is 18.4. The van der Waals surface area contributed by atoms with E-state index in [0.29, 0.717) is 35.5 Å². The van der Waals surface area contributed by atoms with Crippen LogP contribution in [0.5, 0.6) is 11.5 Å². The Morgan fingerprint density at radius 2 is 1.61 bits per heavy atom. The van der Waals surface area contributed by atoms with E-state index in [1.54, 1.807) is 56.8 Å². The second-order valence-electron chi connectivity index (χ2n) is 15.0. The van der Waals surface area contributed by atoms with Crippen molar-refractivity contribution in [2.75, 3.05) is 64.6 Å². The van der Waals surface area contributed by atoms with Gasteiger partial charge in [-0.25, -0.2) is 0 Å². The van der Waals surface area contributed by atoms with Crippen LogP contribution in [0, 0.1) is 12.3 Å². The van der Waals surface area contributed by atoms with Gasteiger partial charge in [0, 0.05) is 56.8 Å². The summed E-state index contributed by atoms with van der Waals surface area (Å²) in [7, 11) is 5.13. The number of fused-ring (bicyclic) bond motifs is 1. The minimum atomic E-state index is -0.679. The Hall–Kier alpha value is -5.36. The van der Waals surface area contributed by atoms with Gasteiger partial charge in [-0.3, -0.25) is 19.2 Å². The van der Waals surface area contributed by atoms with E-state index in [2.05, 4.69) is 11.9 Å². The Morgan fingerprint density at radius 1 is 0.889 bits per heavy atom. The number of esters is 1. The number of methoxy groups -OCH3 is 1. The SMILES string of the molecule is COc1c(C(=O)c2cccc3ccn(COC(=O)C(C)(C)C)c23)ccc(C(=O)N(C)c2ccc(C)cc2OCCCCCC(=O)N2CCN(C)CC2)c1N. The Labute approximate surface area is 317 Å². The van der Waals surface area contributed by atoms with Crippen molar-refractivity contribution in [3.63, 3.8) is 0 Å². The van der Waals surface area contributed by atoms with E-state index in [1.165, 1.54) is 18.1 Å². The van der Waals surface area contributed by atoms with Gasteiger partial charge < -0.3 is 39.2 Å². The minimum Gasteiger partial charge on any atom is -0.494 e. The molecule has 0 atom stereocenters. The van der Waals surface area contributed by atoms with Gasteiger partial charge in [-0.1, -0.05) is 18.2 Å². The van der Waals surface area contributed by atoms with Crippen molar-refractivity contribution >= 4 is 45.8 Å². The number of carbonyl (C=O) groups excluding carboxylic acids is 4. The monoisotopic (exact) mass is 739 g/mol. The molecule has 5 rings (SSSR count). The van der Waals surface area contributed by atoms with Gasteiger partial charge in [0.25, 0.3) is 5.91 Å². The third kappa shape index (κ3) is 9.04. The molecule has 1 fully saturated rings. The number of nitrogen functional groups attached to an aromatic ring is 1. The molecule has 2 amide bonds. The summed E-state index contributed by atoms with van der Waals surface area (Å²) in [6.45, 7) is 11.0. The number of nitrogens with zero attached hydrogens (tertiary/aromatic N) is 4. The highest BCUT2D eigenvalue weighted by atomic mass is 16.5. The smallest absolute Gasteiger partial charge is 0.312 e. The maximum Gasteiger partial charge on any atom is 0.312 e. The second kappa shape index (κ2) is 17.2. The lowest BCUT2D eigenvalue weighted by atomic mass is 9.97. The summed E-state index contributed by atoms with van der Waals surface area (Å²) in [5.74, 6) is -0.282. The number of unbranched alkanes of at least 4 members (excludes halogenated alkanes) is 2. The number of amides is 2. The number of hydrogen-bond donors (Lipinski definition) is 1. The largest absolute Gasteiger partial charge is 0.494 e. The van der Waals surface area contributed by atoms with Crippen LogP contribution in [0.4, 0.5) is 11.4 Å². The Morgan fingerprint density at radius 3 is 2.31 bits per heavy atom. The number of para-hydroxylation sites is 1. The lowest BCUT2D eigenvalue weighted by molar-refractivity contribution is -0.156. The van der Waals surface area contributed by atoms with Crippen LogP contribution in [0.3, 0.4) is 0 Å². The molecule has 54 heavy (non-hydrogen) atoms. The minimum absolute atomic E-state index is 0.0302. The number of benzene rings is 3. The predicted octanol–water partition coefficient (Wildman–Crippen LogP) is 6.31. The number of aromatic nitrogens is 1. The van der Waals surface area contributed by atoms with E-state index in [4.69, 9.17) is 19.9 Å². The molecular weight excluding hydrogens is 686 g/mol. The Balaban J connectivity index is 1.28. The first-order chi connectivity index (χ1) is 25.7. The van der Waals surface area contributed by atoms with E-state index in [-0.39, 0.29) is 47.0 Å². The fraction of sp³-hybridized carbons (Fsp3) is 0.429. The summed E-state index contributed by atoms with van der Waals surface area (Å²) in [5, 5.41) is 0.792. The number of hydrogen-bond acceptors (Lipinski definition) is 9. The maximum atomic E-state index is 14.1. The molecule has 3 aromatic carbocycles. The van der Waals surface area contributed by atoms with Gasteiger partial charge in [0.05, 0.1) is 47.2 Å². The Bertz CT molecular complexity index is 2010. The molecule has 1 aliphatic rings. The van der Waals surface area contributed by atoms with Gasteiger partial charge in [-0.2, -0.15) is 0 Å². The number of ketones is 1. The third-order valence-corrected chi connectivity index (χ3v) is 9.79. The fourth-order valence-corrected chi connectivity index (χ4v) is 6.48. The molecule has 12 nitrogen and oxygen atoms in total. The average Bonchev–Trinajstić information content (AvgIpc) is 3.57. The number of rotatable bonds is 14. The molecule has 0 spiro atoms. The Kier molecular flexibility index (Phi) is 12.7. The number of anilines is 2. The summed E-state index contributed by atoms with van der Waals surface area (Å²) in [5.41, 5.74) is 8.79. The molecule has 1 saturated heterocycles. The number of nitrogens with two attached hydrogens (primary N) is 1. The number of ether oxygens (including phenoxy) is 3. The molecular formula is C42H53N5O7. The molecule has 0 radical (unpaired) electrons. The van der Waals surface area contributed by atoms with Gasteiger partial charge in [0.1, 0.15) is 5.75 Å². The molecule has 12 heteroatoms. The van der Waals surface area contributed by atoms with E-state index < -0.39 is 11.3 Å². The number of aryl methyl sites for hydroxylation is 1. The first-order valence-corrected chi connectivity index (χ1v) is 18.4. The van der Waals surface area contributed by atoms with E-state index >= 15 is 0 Å². The molecule has 0 aliphatic carbocycles. The van der Waals surface area contributed by atoms with Crippen LogP contribution in [0.25, 0.3) is 10.9 Å². The van der Waals surface area contributed by atoms with Crippen LogP contribution in [-0.2, 0) is 21.1 Å². The molecule has 0 saturated carbocycles. The number of piperazine rings is 1. The van der Waals surface area contributed by atoms with Crippen molar-refractivity contribution in [1.29, 1.82) is 0 Å². The maximum absolute atomic E-state index is 14.1. The molecule has 2 N–H and O–H groups in total. The lowest BCUT2D eigenvalue weighted by Gasteiger charge is -2.32. The van der Waals surface area contributed by atoms with Gasteiger partial charge in [-0.05, 0) is 96.0 Å². The van der Waals surface area contributed by atoms with E-state index in [0.717, 1.165) is 56.4 Å². The van der Waals surface area contributed by atoms with Crippen molar-refractivity contribution in [2.45, 2.75) is 60.1 Å². The predicted molar refractivity (Wildman–Crippen MR) is 210 cm³/mol. The van der Waals surface area contributed by atoms with Gasteiger partial charge >= 0.3 is 5.97 Å². The number of likely N-dealkylation sites (N-methyl/N-ethyl adjacent to an activating group) is 1. The zero-order valence-corrected chi connectivity index (χ0v) is 32.6. The van der Waals surface area contributed by atoms with Crippen molar-refractivity contribution in [1.82, 2.24) is 14.4 Å². The molecule has 0 bridgehead atoms. The second-order valence-corrected chi connectivity index (χ2v) is 15.0. The van der Waals surface area contributed by atoms with Crippen molar-refractivity contribution in [2.24, 2.45) is 5.41 Å². The van der Waals surface area contributed by atoms with Gasteiger partial charge in [-0.15, -0.1) is 0 Å². The van der Waals surface area contributed by atoms with E-state index in [1.807, 2.05) is 42.2 Å². The van der Waals surface area contributed by atoms with Crippen molar-refractivity contribution in [3.8, 4) is 11.5 Å². The highest BCUT2D eigenvalue weighted by Gasteiger charge is 2.27. The summed E-state index contributed by atoms with van der Waals surface area (Å²) in [6.07, 6.45) is 4.71. The van der Waals surface area contributed by atoms with Crippen molar-refractivity contribution in [3.05, 3.63) is 83.0 Å². The fourth-order valence-electron chi connectivity index (χ4n) is 6.48. The van der Waals surface area contributed by atoms with Crippen LogP contribution >= 0.6 is 0 Å². The molecule has 4 aromatic rings. The summed E-state index contributed by atoms with van der Waals surface area (Å²) in [6, 6.07) is 15.9. The number of carbonyl (C=O) groups is 4. The first kappa shape index (κ1) is 39.8.